The maximum Gasteiger partial charge on any atom is 0.320 e. The first-order valence-corrected chi connectivity index (χ1v) is 16.5. The molecule has 1 aliphatic heterocycles. The molecule has 2 aliphatic rings. The van der Waals surface area contributed by atoms with Crippen molar-refractivity contribution < 1.29 is 23.5 Å². The molecule has 3 aromatic rings. The normalized spacial score (nSPS) is 15.3. The van der Waals surface area contributed by atoms with E-state index in [1.165, 1.54) is 18.5 Å². The second kappa shape index (κ2) is 16.6. The molecule has 1 saturated heterocycles. The van der Waals surface area contributed by atoms with Gasteiger partial charge in [-0.05, 0) is 49.4 Å². The van der Waals surface area contributed by atoms with Crippen LogP contribution in [-0.2, 0) is 14.3 Å². The van der Waals surface area contributed by atoms with Gasteiger partial charge in [-0.15, -0.1) is 0 Å². The van der Waals surface area contributed by atoms with Crippen molar-refractivity contribution in [1.82, 2.24) is 19.8 Å². The monoisotopic (exact) mass is 652 g/mol. The van der Waals surface area contributed by atoms with Crippen LogP contribution in [0, 0.1) is 11.7 Å². The molecule has 1 aliphatic carbocycles. The number of nitrogens with zero attached hydrogens (tertiary/aromatic N) is 4. The number of ether oxygens (including phenoxy) is 2. The lowest BCUT2D eigenvalue weighted by molar-refractivity contribution is -0.145. The zero-order chi connectivity index (χ0) is 32.3. The fourth-order valence-electron chi connectivity index (χ4n) is 5.15. The Balaban J connectivity index is 1.16. The van der Waals surface area contributed by atoms with Crippen LogP contribution in [0.1, 0.15) is 45.4 Å². The molecule has 5 rings (SSSR count). The molecule has 0 spiro atoms. The summed E-state index contributed by atoms with van der Waals surface area (Å²) in [5.41, 5.74) is 2.02. The van der Waals surface area contributed by atoms with E-state index in [-0.39, 0.29) is 23.4 Å². The minimum absolute atomic E-state index is 0.0119. The maximum atomic E-state index is 13.7. The first-order chi connectivity index (χ1) is 22.4. The summed E-state index contributed by atoms with van der Waals surface area (Å²) in [7, 11) is 0. The lowest BCUT2D eigenvalue weighted by Crippen LogP contribution is -2.49. The molecule has 46 heavy (non-hydrogen) atoms. The van der Waals surface area contributed by atoms with E-state index in [1.54, 1.807) is 23.1 Å². The standard InChI is InChI=1S/C34H42ClFN6O4/c1-2-3-4-5-17-45-33(44)21-41-13-15-42(16-14-41)32(43)7-6-12-37-30-19-26-29(20-31(30)46-22-24-8-9-24)38-23-39-34(26)40-25-10-11-28(36)27(35)18-25/h6-7,10-11,18-20,23-24,37H,2-5,8-9,12-17,21-22H2,1H3,(H,38,39,40). The summed E-state index contributed by atoms with van der Waals surface area (Å²) in [6, 6.07) is 8.18. The van der Waals surface area contributed by atoms with Crippen molar-refractivity contribution >= 4 is 51.6 Å². The zero-order valence-electron chi connectivity index (χ0n) is 26.3. The van der Waals surface area contributed by atoms with Crippen LogP contribution in [0.25, 0.3) is 10.9 Å². The van der Waals surface area contributed by atoms with Crippen molar-refractivity contribution in [2.75, 3.05) is 63.1 Å². The number of amides is 1. The fourth-order valence-corrected chi connectivity index (χ4v) is 5.33. The van der Waals surface area contributed by atoms with Crippen molar-refractivity contribution in [3.05, 3.63) is 59.7 Å². The molecular formula is C34H42ClFN6O4. The highest BCUT2D eigenvalue weighted by molar-refractivity contribution is 6.31. The van der Waals surface area contributed by atoms with Gasteiger partial charge in [-0.3, -0.25) is 14.5 Å². The van der Waals surface area contributed by atoms with Crippen LogP contribution >= 0.6 is 11.6 Å². The summed E-state index contributed by atoms with van der Waals surface area (Å²) in [5, 5.41) is 7.33. The van der Waals surface area contributed by atoms with Crippen LogP contribution in [0.4, 0.5) is 21.6 Å². The third kappa shape index (κ3) is 9.77. The quantitative estimate of drug-likeness (QED) is 0.106. The first kappa shape index (κ1) is 33.4. The summed E-state index contributed by atoms with van der Waals surface area (Å²) < 4.78 is 25.2. The van der Waals surface area contributed by atoms with Crippen molar-refractivity contribution in [3.8, 4) is 5.75 Å². The molecule has 1 aromatic heterocycles. The number of benzene rings is 2. The fraction of sp³-hybridized carbons (Fsp3) is 0.471. The second-order valence-corrected chi connectivity index (χ2v) is 12.2. The molecule has 0 bridgehead atoms. The predicted molar refractivity (Wildman–Crippen MR) is 178 cm³/mol. The summed E-state index contributed by atoms with van der Waals surface area (Å²) in [6.07, 6.45) is 11.4. The number of fused-ring (bicyclic) bond motifs is 1. The van der Waals surface area contributed by atoms with Crippen LogP contribution in [0.2, 0.25) is 5.02 Å². The molecule has 10 nitrogen and oxygen atoms in total. The number of rotatable bonds is 16. The SMILES string of the molecule is CCCCCCOC(=O)CN1CCN(C(=O)C=CCNc2cc3c(Nc4ccc(F)c(Cl)c4)ncnc3cc2OCC2CC2)CC1. The lowest BCUT2D eigenvalue weighted by atomic mass is 10.1. The number of piperazine rings is 1. The van der Waals surface area contributed by atoms with Crippen LogP contribution < -0.4 is 15.4 Å². The molecule has 1 saturated carbocycles. The summed E-state index contributed by atoms with van der Waals surface area (Å²) in [4.78, 5) is 37.7. The van der Waals surface area contributed by atoms with Gasteiger partial charge in [0.25, 0.3) is 0 Å². The third-order valence-corrected chi connectivity index (χ3v) is 8.35. The Morgan fingerprint density at radius 2 is 1.91 bits per heavy atom. The number of carbonyl (C=O) groups excluding carboxylic acids is 2. The minimum atomic E-state index is -0.497. The van der Waals surface area contributed by atoms with E-state index in [2.05, 4.69) is 27.5 Å². The molecule has 2 N–H and O–H groups in total. The van der Waals surface area contributed by atoms with E-state index < -0.39 is 5.82 Å². The van der Waals surface area contributed by atoms with E-state index in [0.717, 1.165) is 49.6 Å². The highest BCUT2D eigenvalue weighted by Crippen LogP contribution is 2.36. The number of unbranched alkanes of at least 4 members (excludes halogenated alkanes) is 3. The van der Waals surface area contributed by atoms with Gasteiger partial charge in [-0.1, -0.05) is 43.9 Å². The summed E-state index contributed by atoms with van der Waals surface area (Å²) in [6.45, 7) is 6.27. The van der Waals surface area contributed by atoms with Crippen LogP contribution in [0.3, 0.4) is 0 Å². The van der Waals surface area contributed by atoms with Gasteiger partial charge in [0.2, 0.25) is 5.91 Å². The molecule has 12 heteroatoms. The molecule has 2 heterocycles. The number of anilines is 3. The Morgan fingerprint density at radius 1 is 1.09 bits per heavy atom. The van der Waals surface area contributed by atoms with Crippen LogP contribution in [-0.4, -0.2) is 84.1 Å². The van der Waals surface area contributed by atoms with E-state index in [0.29, 0.717) is 74.6 Å². The zero-order valence-corrected chi connectivity index (χ0v) is 27.0. The first-order valence-electron chi connectivity index (χ1n) is 16.1. The average Bonchev–Trinajstić information content (AvgIpc) is 3.89. The molecule has 1 amide bonds. The molecule has 2 aromatic carbocycles. The molecule has 2 fully saturated rings. The van der Waals surface area contributed by atoms with Crippen molar-refractivity contribution in [3.63, 3.8) is 0 Å². The second-order valence-electron chi connectivity index (χ2n) is 11.8. The number of hydrogen-bond acceptors (Lipinski definition) is 9. The van der Waals surface area contributed by atoms with Gasteiger partial charge < -0.3 is 25.0 Å². The van der Waals surface area contributed by atoms with E-state index in [9.17, 15) is 14.0 Å². The summed E-state index contributed by atoms with van der Waals surface area (Å²) in [5.74, 6) is 1.00. The van der Waals surface area contributed by atoms with Gasteiger partial charge in [0.15, 0.2) is 0 Å². The third-order valence-electron chi connectivity index (χ3n) is 8.06. The topological polar surface area (TPSA) is 109 Å². The number of halogens is 2. The number of aromatic nitrogens is 2. The van der Waals surface area contributed by atoms with Gasteiger partial charge in [0.05, 0.1) is 36.0 Å². The smallest absolute Gasteiger partial charge is 0.320 e. The Labute approximate surface area is 274 Å². The van der Waals surface area contributed by atoms with E-state index in [1.807, 2.05) is 17.0 Å². The molecule has 0 atom stereocenters. The number of hydrogen-bond donors (Lipinski definition) is 2. The number of nitrogens with one attached hydrogen (secondary N) is 2. The Kier molecular flexibility index (Phi) is 12.0. The molecular weight excluding hydrogens is 611 g/mol. The van der Waals surface area contributed by atoms with Gasteiger partial charge >= 0.3 is 5.97 Å². The van der Waals surface area contributed by atoms with E-state index in [4.69, 9.17) is 21.1 Å². The highest BCUT2D eigenvalue weighted by Gasteiger charge is 2.23. The molecule has 246 valence electrons. The van der Waals surface area contributed by atoms with Gasteiger partial charge in [0, 0.05) is 55.9 Å². The maximum absolute atomic E-state index is 13.7. The van der Waals surface area contributed by atoms with Crippen molar-refractivity contribution in [2.45, 2.75) is 45.4 Å². The van der Waals surface area contributed by atoms with Crippen molar-refractivity contribution in [1.29, 1.82) is 0 Å². The number of esters is 1. The largest absolute Gasteiger partial charge is 0.491 e. The minimum Gasteiger partial charge on any atom is -0.491 e. The van der Waals surface area contributed by atoms with Crippen LogP contribution in [0.15, 0.2) is 48.8 Å². The number of carbonyl (C=O) groups is 2. The van der Waals surface area contributed by atoms with Crippen LogP contribution in [0.5, 0.6) is 5.75 Å². The summed E-state index contributed by atoms with van der Waals surface area (Å²) >= 11 is 5.98. The lowest BCUT2D eigenvalue weighted by Gasteiger charge is -2.33. The Hall–Kier alpha value is -3.96. The van der Waals surface area contributed by atoms with Gasteiger partial charge in [0.1, 0.15) is 23.7 Å². The van der Waals surface area contributed by atoms with Gasteiger partial charge in [-0.25, -0.2) is 14.4 Å². The van der Waals surface area contributed by atoms with E-state index >= 15 is 0 Å². The molecule has 0 radical (unpaired) electrons. The van der Waals surface area contributed by atoms with Gasteiger partial charge in [-0.2, -0.15) is 0 Å². The average molecular weight is 653 g/mol. The van der Waals surface area contributed by atoms with Crippen molar-refractivity contribution in [2.24, 2.45) is 5.92 Å². The highest BCUT2D eigenvalue weighted by atomic mass is 35.5. The Bertz CT molecular complexity index is 1530. The Morgan fingerprint density at radius 3 is 2.67 bits per heavy atom. The predicted octanol–water partition coefficient (Wildman–Crippen LogP) is 6.19. The molecule has 0 unspecified atom stereocenters.